The molecule has 10 nitrogen and oxygen atoms in total. The minimum atomic E-state index is -1.23. The zero-order chi connectivity index (χ0) is 40.4. The molecule has 0 spiro atoms. The third kappa shape index (κ3) is 8.46. The number of methoxy groups -OCH3 is 1. The Kier molecular flexibility index (Phi) is 14.2. The summed E-state index contributed by atoms with van der Waals surface area (Å²) in [5, 5.41) is 7.65. The molecule has 1 unspecified atom stereocenters. The number of nitrogens with zero attached hydrogens (tertiary/aromatic N) is 4. The van der Waals surface area contributed by atoms with Crippen molar-refractivity contribution in [3.63, 3.8) is 0 Å². The molecular formula is C46H54MgN4O6-2. The molecule has 298 valence electrons. The zero-order valence-corrected chi connectivity index (χ0v) is 36.4. The van der Waals surface area contributed by atoms with Gasteiger partial charge < -0.3 is 29.7 Å². The van der Waals surface area contributed by atoms with Gasteiger partial charge in [-0.2, -0.15) is 0 Å². The summed E-state index contributed by atoms with van der Waals surface area (Å²) in [4.78, 5) is 68.5. The third-order valence-corrected chi connectivity index (χ3v) is 12.2. The first kappa shape index (κ1) is 43.8. The molecule has 0 saturated carbocycles. The monoisotopic (exact) mass is 782 g/mol. The molecule has 0 N–H and O–H groups in total. The van der Waals surface area contributed by atoms with Crippen LogP contribution in [0.25, 0.3) is 29.1 Å². The van der Waals surface area contributed by atoms with Gasteiger partial charge in [-0.3, -0.25) is 19.2 Å². The van der Waals surface area contributed by atoms with Crippen molar-refractivity contribution in [2.24, 2.45) is 17.8 Å². The second-order valence-corrected chi connectivity index (χ2v) is 15.6. The molecule has 6 rings (SSSR count). The smallest absolute Gasteiger partial charge is 0.678 e. The molecule has 5 heterocycles. The molecule has 2 aliphatic heterocycles. The van der Waals surface area contributed by atoms with Gasteiger partial charge in [-0.05, 0) is 77.7 Å². The van der Waals surface area contributed by atoms with Crippen molar-refractivity contribution in [3.8, 4) is 0 Å². The van der Waals surface area contributed by atoms with E-state index >= 15 is 0 Å². The Bertz CT molecular complexity index is 2390. The van der Waals surface area contributed by atoms with E-state index in [9.17, 15) is 19.2 Å². The van der Waals surface area contributed by atoms with E-state index in [2.05, 4.69) is 27.7 Å². The van der Waals surface area contributed by atoms with E-state index in [1.165, 1.54) is 25.5 Å². The summed E-state index contributed by atoms with van der Waals surface area (Å²) in [5.74, 6) is -2.24. The summed E-state index contributed by atoms with van der Waals surface area (Å²) < 4.78 is 10.9. The average Bonchev–Trinajstić information content (AvgIpc) is 3.93. The van der Waals surface area contributed by atoms with E-state index in [1.807, 2.05) is 52.0 Å². The van der Waals surface area contributed by atoms with Crippen LogP contribution in [-0.4, -0.2) is 66.8 Å². The summed E-state index contributed by atoms with van der Waals surface area (Å²) in [7, 11) is 1.28. The number of esters is 2. The normalized spacial score (nSPS) is 20.8. The van der Waals surface area contributed by atoms with Crippen LogP contribution in [0.4, 0.5) is 0 Å². The molecule has 57 heavy (non-hydrogen) atoms. The fourth-order valence-electron chi connectivity index (χ4n) is 8.54. The number of hydrogen-bond acceptors (Lipinski definition) is 6. The van der Waals surface area contributed by atoms with Crippen molar-refractivity contribution < 1.29 is 28.7 Å². The van der Waals surface area contributed by atoms with Crippen molar-refractivity contribution >= 4 is 70.9 Å². The van der Waals surface area contributed by atoms with Crippen LogP contribution in [-0.2, 0) is 31.9 Å². The SMILES string of the molecule is CCc1c2[n-]c(c1C=O)/C=c1\[n-]/c(c(C)c1CC)=C\C1=C(C)[C@H](CCC(=O)OC/C=C(\C)CCC[C@H](C)CC)C([N-]1)C1=c3[n-]/c(c(C)c3C(=O)[C@@H]1C(=O)OC)=C\2.[Mg+2]. The largest absolute Gasteiger partial charge is 2.00 e. The quantitative estimate of drug-likeness (QED) is 0.0762. The molecule has 0 aromatic carbocycles. The van der Waals surface area contributed by atoms with Gasteiger partial charge in [0.2, 0.25) is 0 Å². The second-order valence-electron chi connectivity index (χ2n) is 15.6. The Morgan fingerprint density at radius 3 is 2.28 bits per heavy atom. The van der Waals surface area contributed by atoms with Gasteiger partial charge in [0.1, 0.15) is 18.8 Å². The molecule has 0 fully saturated rings. The van der Waals surface area contributed by atoms with Crippen LogP contribution in [0, 0.1) is 31.6 Å². The maximum atomic E-state index is 14.3. The molecule has 1 aliphatic carbocycles. The van der Waals surface area contributed by atoms with E-state index in [-0.39, 0.29) is 53.8 Å². The number of carbonyl (C=O) groups excluding carboxylic acids is 4. The molecular weight excluding hydrogens is 729 g/mol. The van der Waals surface area contributed by atoms with Crippen molar-refractivity contribution in [1.82, 2.24) is 15.0 Å². The summed E-state index contributed by atoms with van der Waals surface area (Å²) in [5.41, 5.74) is 8.68. The summed E-state index contributed by atoms with van der Waals surface area (Å²) in [6, 6.07) is -0.672. The number of hydrogen-bond donors (Lipinski definition) is 0. The van der Waals surface area contributed by atoms with Gasteiger partial charge in [-0.1, -0.05) is 104 Å². The predicted molar refractivity (Wildman–Crippen MR) is 223 cm³/mol. The van der Waals surface area contributed by atoms with Crippen LogP contribution in [0.1, 0.15) is 134 Å². The number of ether oxygens (including phenoxy) is 2. The van der Waals surface area contributed by atoms with Crippen LogP contribution in [0.2, 0.25) is 0 Å². The molecule has 3 aromatic rings. The maximum Gasteiger partial charge on any atom is 2.00 e. The zero-order valence-electron chi connectivity index (χ0n) is 35.0. The number of aldehydes is 1. The number of Topliss-reactive ketones (excluding diaryl/α,β-unsaturated/α-hetero) is 1. The summed E-state index contributed by atoms with van der Waals surface area (Å²) in [6.45, 7) is 16.7. The van der Waals surface area contributed by atoms with Gasteiger partial charge in [0.25, 0.3) is 0 Å². The van der Waals surface area contributed by atoms with Gasteiger partial charge in [-0.25, -0.2) is 0 Å². The van der Waals surface area contributed by atoms with E-state index in [4.69, 9.17) is 29.7 Å². The molecule has 0 radical (unpaired) electrons. The number of carbonyl (C=O) groups is 4. The standard InChI is InChI=1S/C46H55N4O6.Mg/c1-10-24(4)14-13-15-25(5)18-19-56-39(52)17-16-31-27(7)34-20-33-26(6)29(11-2)36(47-33)22-38-32(23-51)30(12-3)37(48-38)21-35-28(8)40-44(50-35)41(43(31)49-34)42(45(40)53)46(54)55-9;/h18,20-24,31,42-43H,10-17,19H2,1-9H3,(H-,47,48,51,53);/q-3;+2/p-1/b25-18+,33-20-;/t24-,31+,42-,43?;/m1./s1. The van der Waals surface area contributed by atoms with Gasteiger partial charge in [0.05, 0.1) is 7.11 Å². The Labute approximate surface area is 351 Å². The van der Waals surface area contributed by atoms with Crippen molar-refractivity contribution in [3.05, 3.63) is 94.4 Å². The molecule has 3 aliphatic rings. The molecule has 0 saturated heterocycles. The minimum absolute atomic E-state index is 0. The van der Waals surface area contributed by atoms with Crippen LogP contribution in [0.3, 0.4) is 0 Å². The number of allylic oxidation sites excluding steroid dienone is 2. The Morgan fingerprint density at radius 2 is 1.61 bits per heavy atom. The van der Waals surface area contributed by atoms with Crippen molar-refractivity contribution in [1.29, 1.82) is 0 Å². The Balaban J connectivity index is 0.00000620. The van der Waals surface area contributed by atoms with Gasteiger partial charge in [0.15, 0.2) is 5.78 Å². The van der Waals surface area contributed by atoms with Crippen LogP contribution in [0.5, 0.6) is 0 Å². The van der Waals surface area contributed by atoms with E-state index in [0.717, 1.165) is 52.1 Å². The number of rotatable bonds is 14. The van der Waals surface area contributed by atoms with Gasteiger partial charge in [0, 0.05) is 17.5 Å². The molecule has 0 amide bonds. The summed E-state index contributed by atoms with van der Waals surface area (Å²) in [6.07, 6.45) is 14.7. The maximum absolute atomic E-state index is 14.3. The van der Waals surface area contributed by atoms with Crippen LogP contribution >= 0.6 is 0 Å². The molecule has 8 bridgehead atoms. The topological polar surface area (TPSA) is 143 Å². The Morgan fingerprint density at radius 1 is 0.912 bits per heavy atom. The first-order valence-corrected chi connectivity index (χ1v) is 20.1. The van der Waals surface area contributed by atoms with Crippen LogP contribution in [0.15, 0.2) is 22.9 Å². The van der Waals surface area contributed by atoms with E-state index < -0.39 is 17.9 Å². The minimum Gasteiger partial charge on any atom is -0.678 e. The molecule has 4 atom stereocenters. The van der Waals surface area contributed by atoms with Crippen LogP contribution < -0.4 is 36.3 Å². The third-order valence-electron chi connectivity index (χ3n) is 12.2. The van der Waals surface area contributed by atoms with Crippen molar-refractivity contribution in [2.45, 2.75) is 113 Å². The van der Waals surface area contributed by atoms with E-state index in [0.29, 0.717) is 75.2 Å². The van der Waals surface area contributed by atoms with Crippen molar-refractivity contribution in [2.75, 3.05) is 13.7 Å². The number of ketones is 1. The number of aromatic nitrogens is 3. The second kappa shape index (κ2) is 18.5. The van der Waals surface area contributed by atoms with E-state index in [1.54, 1.807) is 0 Å². The Hall–Kier alpha value is -4.35. The average molecular weight is 783 g/mol. The van der Waals surface area contributed by atoms with Gasteiger partial charge >= 0.3 is 35.0 Å². The first-order chi connectivity index (χ1) is 26.9. The fraction of sp³-hybridized carbons (Fsp3) is 0.478. The summed E-state index contributed by atoms with van der Waals surface area (Å²) >= 11 is 0. The van der Waals surface area contributed by atoms with Gasteiger partial charge in [-0.15, -0.1) is 38.5 Å². The molecule has 11 heteroatoms. The number of fused-ring (bicyclic) bond motifs is 8. The predicted octanol–water partition coefficient (Wildman–Crippen LogP) is 4.45. The first-order valence-electron chi connectivity index (χ1n) is 20.1. The fourth-order valence-corrected chi connectivity index (χ4v) is 8.54. The molecule has 3 aromatic heterocycles.